The summed E-state index contributed by atoms with van der Waals surface area (Å²) in [5.41, 5.74) is -0.651. The zero-order valence-electron chi connectivity index (χ0n) is 7.75. The number of carboxylic acids is 1. The molecule has 0 heterocycles. The molecule has 0 aliphatic carbocycles. The maximum atomic E-state index is 12.2. The molecule has 16 heavy (non-hydrogen) atoms. The molecule has 0 bridgehead atoms. The summed E-state index contributed by atoms with van der Waals surface area (Å²) in [7, 11) is 0. The van der Waals surface area contributed by atoms with Crippen molar-refractivity contribution in [2.24, 2.45) is 0 Å². The molecule has 2 nitrogen and oxygen atoms in total. The van der Waals surface area contributed by atoms with Crippen LogP contribution in [-0.2, 0) is 11.0 Å². The van der Waals surface area contributed by atoms with E-state index in [-0.39, 0.29) is 10.6 Å². The Morgan fingerprint density at radius 3 is 2.44 bits per heavy atom. The number of carboxylic acid groups (broad SMARTS) is 1. The van der Waals surface area contributed by atoms with E-state index in [1.165, 1.54) is 0 Å². The summed E-state index contributed by atoms with van der Waals surface area (Å²) in [6, 6.07) is 2.71. The Balaban J connectivity index is 3.05. The van der Waals surface area contributed by atoms with Gasteiger partial charge in [0.15, 0.2) is 0 Å². The van der Waals surface area contributed by atoms with Crippen LogP contribution in [0.25, 0.3) is 6.08 Å². The van der Waals surface area contributed by atoms with Crippen LogP contribution in [0.5, 0.6) is 0 Å². The number of benzene rings is 1. The maximum Gasteiger partial charge on any atom is 0.416 e. The molecule has 0 spiro atoms. The van der Waals surface area contributed by atoms with E-state index in [9.17, 15) is 18.0 Å². The summed E-state index contributed by atoms with van der Waals surface area (Å²) in [6.07, 6.45) is -2.53. The summed E-state index contributed by atoms with van der Waals surface area (Å²) in [6.45, 7) is 0. The second kappa shape index (κ2) is 4.57. The van der Waals surface area contributed by atoms with Gasteiger partial charge in [-0.3, -0.25) is 0 Å². The fourth-order valence-electron chi connectivity index (χ4n) is 1.000. The van der Waals surface area contributed by atoms with E-state index >= 15 is 0 Å². The van der Waals surface area contributed by atoms with Crippen molar-refractivity contribution in [2.45, 2.75) is 6.18 Å². The van der Waals surface area contributed by atoms with E-state index in [1.807, 2.05) is 0 Å². The topological polar surface area (TPSA) is 37.3 Å². The van der Waals surface area contributed by atoms with Gasteiger partial charge in [0.1, 0.15) is 0 Å². The van der Waals surface area contributed by atoms with Crippen LogP contribution in [0.3, 0.4) is 0 Å². The molecule has 0 aliphatic heterocycles. The van der Waals surface area contributed by atoms with Crippen molar-refractivity contribution in [3.05, 3.63) is 40.4 Å². The highest BCUT2D eigenvalue weighted by atomic mass is 35.5. The Morgan fingerprint density at radius 1 is 1.38 bits per heavy atom. The van der Waals surface area contributed by atoms with E-state index in [4.69, 9.17) is 16.7 Å². The molecule has 0 atom stereocenters. The fraction of sp³-hybridized carbons (Fsp3) is 0.100. The van der Waals surface area contributed by atoms with Crippen molar-refractivity contribution >= 4 is 23.6 Å². The highest BCUT2D eigenvalue weighted by molar-refractivity contribution is 6.32. The van der Waals surface area contributed by atoms with Gasteiger partial charge in [0, 0.05) is 11.1 Å². The van der Waals surface area contributed by atoms with Crippen molar-refractivity contribution in [3.63, 3.8) is 0 Å². The second-order valence-corrected chi connectivity index (χ2v) is 3.31. The van der Waals surface area contributed by atoms with Crippen LogP contribution in [0.4, 0.5) is 13.2 Å². The molecule has 0 fully saturated rings. The molecule has 86 valence electrons. The summed E-state index contributed by atoms with van der Waals surface area (Å²) < 4.78 is 36.7. The van der Waals surface area contributed by atoms with Gasteiger partial charge in [-0.05, 0) is 23.8 Å². The summed E-state index contributed by atoms with van der Waals surface area (Å²) in [5, 5.41) is 8.19. The van der Waals surface area contributed by atoms with Crippen LogP contribution in [0.1, 0.15) is 11.1 Å². The van der Waals surface area contributed by atoms with Crippen molar-refractivity contribution < 1.29 is 23.1 Å². The van der Waals surface area contributed by atoms with E-state index in [0.29, 0.717) is 0 Å². The molecular weight excluding hydrogens is 245 g/mol. The third kappa shape index (κ3) is 3.27. The predicted octanol–water partition coefficient (Wildman–Crippen LogP) is 3.46. The number of halogens is 4. The second-order valence-electron chi connectivity index (χ2n) is 2.91. The third-order valence-electron chi connectivity index (χ3n) is 1.73. The predicted molar refractivity (Wildman–Crippen MR) is 53.1 cm³/mol. The lowest BCUT2D eigenvalue weighted by Gasteiger charge is -2.07. The Kier molecular flexibility index (Phi) is 3.59. The van der Waals surface area contributed by atoms with Gasteiger partial charge < -0.3 is 5.11 Å². The number of aliphatic carboxylic acids is 1. The third-order valence-corrected chi connectivity index (χ3v) is 2.06. The highest BCUT2D eigenvalue weighted by Gasteiger charge is 2.30. The lowest BCUT2D eigenvalue weighted by Crippen LogP contribution is -2.04. The Bertz CT molecular complexity index is 438. The van der Waals surface area contributed by atoms with Gasteiger partial charge in [0.05, 0.1) is 5.56 Å². The first kappa shape index (κ1) is 12.6. The molecule has 1 aromatic rings. The van der Waals surface area contributed by atoms with Gasteiger partial charge >= 0.3 is 12.1 Å². The minimum atomic E-state index is -4.46. The molecule has 1 aromatic carbocycles. The van der Waals surface area contributed by atoms with Crippen molar-refractivity contribution in [2.75, 3.05) is 0 Å². The van der Waals surface area contributed by atoms with Crippen LogP contribution in [0.15, 0.2) is 24.3 Å². The van der Waals surface area contributed by atoms with Gasteiger partial charge in [0.2, 0.25) is 0 Å². The number of alkyl halides is 3. The Morgan fingerprint density at radius 2 is 2.00 bits per heavy atom. The van der Waals surface area contributed by atoms with Crippen molar-refractivity contribution in [1.29, 1.82) is 0 Å². The lowest BCUT2D eigenvalue weighted by molar-refractivity contribution is -0.137. The highest BCUT2D eigenvalue weighted by Crippen LogP contribution is 2.32. The van der Waals surface area contributed by atoms with E-state index in [1.54, 1.807) is 0 Å². The zero-order chi connectivity index (χ0) is 12.3. The van der Waals surface area contributed by atoms with Gasteiger partial charge in [-0.25, -0.2) is 4.79 Å². The van der Waals surface area contributed by atoms with Crippen molar-refractivity contribution in [3.8, 4) is 0 Å². The minimum absolute atomic E-state index is 0.146. The SMILES string of the molecule is O=C(O)C=Cc1ccc(C(F)(F)F)cc1Cl. The van der Waals surface area contributed by atoms with Crippen LogP contribution >= 0.6 is 11.6 Å². The molecular formula is C10H6ClF3O2. The molecule has 1 rings (SSSR count). The number of hydrogen-bond acceptors (Lipinski definition) is 1. The Labute approximate surface area is 94.0 Å². The van der Waals surface area contributed by atoms with Crippen LogP contribution < -0.4 is 0 Å². The first-order valence-corrected chi connectivity index (χ1v) is 4.46. The average molecular weight is 251 g/mol. The molecule has 0 saturated heterocycles. The smallest absolute Gasteiger partial charge is 0.416 e. The van der Waals surface area contributed by atoms with Gasteiger partial charge in [-0.1, -0.05) is 17.7 Å². The van der Waals surface area contributed by atoms with E-state index in [0.717, 1.165) is 30.4 Å². The van der Waals surface area contributed by atoms with Crippen molar-refractivity contribution in [1.82, 2.24) is 0 Å². The molecule has 6 heteroatoms. The molecule has 0 unspecified atom stereocenters. The standard InChI is InChI=1S/C10H6ClF3O2/c11-8-5-7(10(12,13)14)3-1-6(8)2-4-9(15)16/h1-5H,(H,15,16). The molecule has 0 aliphatic rings. The largest absolute Gasteiger partial charge is 0.478 e. The first-order valence-electron chi connectivity index (χ1n) is 4.08. The minimum Gasteiger partial charge on any atom is -0.478 e. The van der Waals surface area contributed by atoms with Crippen LogP contribution in [-0.4, -0.2) is 11.1 Å². The lowest BCUT2D eigenvalue weighted by atomic mass is 10.1. The van der Waals surface area contributed by atoms with E-state index in [2.05, 4.69) is 0 Å². The summed E-state index contributed by atoms with van der Waals surface area (Å²) in [5.74, 6) is -1.20. The summed E-state index contributed by atoms with van der Waals surface area (Å²) in [4.78, 5) is 10.2. The summed E-state index contributed by atoms with van der Waals surface area (Å²) >= 11 is 5.57. The molecule has 1 N–H and O–H groups in total. The fourth-order valence-corrected chi connectivity index (χ4v) is 1.24. The monoisotopic (exact) mass is 250 g/mol. The van der Waals surface area contributed by atoms with Crippen LogP contribution in [0.2, 0.25) is 5.02 Å². The first-order chi connectivity index (χ1) is 7.30. The number of carbonyl (C=O) groups is 1. The zero-order valence-corrected chi connectivity index (χ0v) is 8.51. The van der Waals surface area contributed by atoms with Gasteiger partial charge in [-0.15, -0.1) is 0 Å². The maximum absolute atomic E-state index is 12.2. The van der Waals surface area contributed by atoms with Crippen LogP contribution in [0, 0.1) is 0 Å². The molecule has 0 radical (unpaired) electrons. The molecule has 0 aromatic heterocycles. The average Bonchev–Trinajstić information content (AvgIpc) is 2.14. The number of hydrogen-bond donors (Lipinski definition) is 1. The molecule has 0 saturated carbocycles. The van der Waals surface area contributed by atoms with Gasteiger partial charge in [-0.2, -0.15) is 13.2 Å². The quantitative estimate of drug-likeness (QED) is 0.816. The number of rotatable bonds is 2. The van der Waals surface area contributed by atoms with Gasteiger partial charge in [0.25, 0.3) is 0 Å². The normalized spacial score (nSPS) is 12.0. The van der Waals surface area contributed by atoms with E-state index < -0.39 is 17.7 Å². The molecule has 0 amide bonds. The Hall–Kier alpha value is -1.49.